The molecule has 0 bridgehead atoms. The molecule has 6 heteroatoms. The molecule has 1 fully saturated rings. The number of alkyl halides is 2. The number of nitrogens with zero attached hydrogens (tertiary/aromatic N) is 1. The van der Waals surface area contributed by atoms with Crippen LogP contribution in [0.2, 0.25) is 0 Å². The van der Waals surface area contributed by atoms with Gasteiger partial charge in [0.05, 0.1) is 13.2 Å². The van der Waals surface area contributed by atoms with Crippen molar-refractivity contribution in [3.63, 3.8) is 0 Å². The molecule has 1 heterocycles. The number of para-hydroxylation sites is 2. The van der Waals surface area contributed by atoms with Gasteiger partial charge in [-0.15, -0.1) is 0 Å². The van der Waals surface area contributed by atoms with Crippen molar-refractivity contribution in [2.24, 2.45) is 5.92 Å². The van der Waals surface area contributed by atoms with Crippen LogP contribution in [0.4, 0.5) is 8.78 Å². The van der Waals surface area contributed by atoms with Crippen LogP contribution >= 0.6 is 0 Å². The lowest BCUT2D eigenvalue weighted by atomic mass is 9.90. The number of aliphatic hydroxyl groups is 1. The molecule has 3 atom stereocenters. The molecule has 0 radical (unpaired) electrons. The van der Waals surface area contributed by atoms with Crippen LogP contribution in [0.3, 0.4) is 0 Å². The fraction of sp³-hybridized carbons (Fsp3) is 0.529. The van der Waals surface area contributed by atoms with Crippen molar-refractivity contribution < 1.29 is 23.4 Å². The quantitative estimate of drug-likeness (QED) is 0.867. The van der Waals surface area contributed by atoms with Crippen molar-refractivity contribution in [3.05, 3.63) is 36.4 Å². The first kappa shape index (κ1) is 17.7. The first-order chi connectivity index (χ1) is 11.0. The average molecular weight is 327 g/mol. The first-order valence-electron chi connectivity index (χ1n) is 7.65. The fourth-order valence-corrected chi connectivity index (χ4v) is 3.03. The maximum absolute atomic E-state index is 11.8. The van der Waals surface area contributed by atoms with Crippen LogP contribution in [-0.2, 0) is 0 Å². The molecule has 1 saturated heterocycles. The average Bonchev–Trinajstić information content (AvgIpc) is 2.89. The molecule has 4 nitrogen and oxygen atoms in total. The standard InChI is InChI=1S/C9H15NO.C8H8F2O2/c1-10-5-4-7-2-3-8(11)6-9(7)10;1-11-6-4-2-3-5-7(6)12-8(9)10/h2-3,7-9,11H,4-6H2,1H3;2-5,8H,1H3. The minimum Gasteiger partial charge on any atom is -0.493 e. The molecule has 3 unspecified atom stereocenters. The van der Waals surface area contributed by atoms with Crippen molar-refractivity contribution in [2.45, 2.75) is 31.6 Å². The summed E-state index contributed by atoms with van der Waals surface area (Å²) in [5.41, 5.74) is 0. The Balaban J connectivity index is 0.000000167. The van der Waals surface area contributed by atoms with Crippen molar-refractivity contribution in [2.75, 3.05) is 20.7 Å². The van der Waals surface area contributed by atoms with Crippen LogP contribution < -0.4 is 9.47 Å². The van der Waals surface area contributed by atoms with E-state index in [2.05, 4.69) is 22.8 Å². The lowest BCUT2D eigenvalue weighted by molar-refractivity contribution is -0.0512. The summed E-state index contributed by atoms with van der Waals surface area (Å²) in [6.45, 7) is -1.63. The minimum atomic E-state index is -2.82. The van der Waals surface area contributed by atoms with Gasteiger partial charge >= 0.3 is 6.61 Å². The second-order valence-electron chi connectivity index (χ2n) is 5.72. The van der Waals surface area contributed by atoms with E-state index >= 15 is 0 Å². The lowest BCUT2D eigenvalue weighted by Gasteiger charge is -2.28. The zero-order valence-electron chi connectivity index (χ0n) is 13.4. The van der Waals surface area contributed by atoms with E-state index < -0.39 is 6.61 Å². The topological polar surface area (TPSA) is 41.9 Å². The van der Waals surface area contributed by atoms with Gasteiger partial charge in [-0.05, 0) is 44.5 Å². The third-order valence-corrected chi connectivity index (χ3v) is 4.22. The molecule has 23 heavy (non-hydrogen) atoms. The lowest BCUT2D eigenvalue weighted by Crippen LogP contribution is -2.34. The van der Waals surface area contributed by atoms with Gasteiger partial charge in [0.25, 0.3) is 0 Å². The molecule has 0 amide bonds. The van der Waals surface area contributed by atoms with Crippen LogP contribution in [0.1, 0.15) is 12.8 Å². The number of benzene rings is 1. The van der Waals surface area contributed by atoms with E-state index in [0.717, 1.165) is 6.42 Å². The Hall–Kier alpha value is -1.66. The highest BCUT2D eigenvalue weighted by molar-refractivity contribution is 5.39. The number of hydrogen-bond acceptors (Lipinski definition) is 4. The summed E-state index contributed by atoms with van der Waals surface area (Å²) in [7, 11) is 3.55. The molecule has 1 aliphatic heterocycles. The maximum atomic E-state index is 11.8. The van der Waals surface area contributed by atoms with E-state index in [1.165, 1.54) is 26.1 Å². The fourth-order valence-electron chi connectivity index (χ4n) is 3.03. The van der Waals surface area contributed by atoms with E-state index in [-0.39, 0.29) is 11.9 Å². The van der Waals surface area contributed by atoms with E-state index in [4.69, 9.17) is 4.74 Å². The summed E-state index contributed by atoms with van der Waals surface area (Å²) in [5.74, 6) is 1.07. The van der Waals surface area contributed by atoms with Gasteiger partial charge < -0.3 is 19.5 Å². The predicted molar refractivity (Wildman–Crippen MR) is 83.9 cm³/mol. The van der Waals surface area contributed by atoms with Crippen molar-refractivity contribution >= 4 is 0 Å². The summed E-state index contributed by atoms with van der Waals surface area (Å²) >= 11 is 0. The van der Waals surface area contributed by atoms with Crippen molar-refractivity contribution in [1.82, 2.24) is 4.90 Å². The number of aliphatic hydroxyl groups excluding tert-OH is 1. The SMILES string of the molecule is CN1CCC2C=CC(O)CC21.COc1ccccc1OC(F)F. The van der Waals surface area contributed by atoms with Gasteiger partial charge in [-0.3, -0.25) is 0 Å². The third-order valence-electron chi connectivity index (χ3n) is 4.22. The van der Waals surface area contributed by atoms with Crippen LogP contribution in [0.25, 0.3) is 0 Å². The summed E-state index contributed by atoms with van der Waals surface area (Å²) < 4.78 is 32.5. The molecule has 0 aromatic heterocycles. The van der Waals surface area contributed by atoms with Crippen LogP contribution in [0.15, 0.2) is 36.4 Å². The highest BCUT2D eigenvalue weighted by Gasteiger charge is 2.33. The molecular weight excluding hydrogens is 304 g/mol. The molecule has 3 rings (SSSR count). The highest BCUT2D eigenvalue weighted by atomic mass is 19.3. The summed E-state index contributed by atoms with van der Waals surface area (Å²) in [6, 6.07) is 6.86. The van der Waals surface area contributed by atoms with Gasteiger partial charge in [0.1, 0.15) is 0 Å². The second kappa shape index (κ2) is 8.26. The Bertz CT molecular complexity index is 524. The second-order valence-corrected chi connectivity index (χ2v) is 5.72. The molecule has 1 aromatic rings. The summed E-state index contributed by atoms with van der Waals surface area (Å²) in [6.07, 6.45) is 6.13. The van der Waals surface area contributed by atoms with Crippen molar-refractivity contribution in [1.29, 1.82) is 0 Å². The number of likely N-dealkylation sites (tertiary alicyclic amines) is 1. The highest BCUT2D eigenvalue weighted by Crippen LogP contribution is 2.31. The van der Waals surface area contributed by atoms with E-state index in [1.807, 2.05) is 6.08 Å². The Morgan fingerprint density at radius 2 is 1.91 bits per heavy atom. The smallest absolute Gasteiger partial charge is 0.387 e. The largest absolute Gasteiger partial charge is 0.493 e. The Kier molecular flexibility index (Phi) is 6.36. The maximum Gasteiger partial charge on any atom is 0.387 e. The van der Waals surface area contributed by atoms with Gasteiger partial charge in [0.15, 0.2) is 11.5 Å². The van der Waals surface area contributed by atoms with Crippen LogP contribution in [0.5, 0.6) is 11.5 Å². The zero-order valence-corrected chi connectivity index (χ0v) is 13.4. The van der Waals surface area contributed by atoms with Crippen LogP contribution in [-0.4, -0.2) is 49.5 Å². The Morgan fingerprint density at radius 1 is 1.22 bits per heavy atom. The minimum absolute atomic E-state index is 0.0509. The van der Waals surface area contributed by atoms with Gasteiger partial charge in [-0.2, -0.15) is 8.78 Å². The molecule has 2 aliphatic rings. The molecule has 1 N–H and O–H groups in total. The summed E-state index contributed by atoms with van der Waals surface area (Å²) in [5, 5.41) is 9.36. The number of methoxy groups -OCH3 is 1. The van der Waals surface area contributed by atoms with Gasteiger partial charge in [-0.1, -0.05) is 24.3 Å². The zero-order chi connectivity index (χ0) is 16.8. The number of rotatable bonds is 3. The van der Waals surface area contributed by atoms with Gasteiger partial charge in [0, 0.05) is 6.04 Å². The van der Waals surface area contributed by atoms with Crippen molar-refractivity contribution in [3.8, 4) is 11.5 Å². The summed E-state index contributed by atoms with van der Waals surface area (Å²) in [4.78, 5) is 2.36. The van der Waals surface area contributed by atoms with Crippen LogP contribution in [0, 0.1) is 5.92 Å². The molecular formula is C17H23F2NO3. The molecule has 1 aliphatic carbocycles. The molecule has 128 valence electrons. The number of hydrogen-bond donors (Lipinski definition) is 1. The van der Waals surface area contributed by atoms with E-state index in [0.29, 0.717) is 17.7 Å². The Labute approximate surface area is 135 Å². The monoisotopic (exact) mass is 327 g/mol. The molecule has 0 spiro atoms. The predicted octanol–water partition coefficient (Wildman–Crippen LogP) is 2.92. The molecule has 1 aromatic carbocycles. The molecule has 0 saturated carbocycles. The Morgan fingerprint density at radius 3 is 2.57 bits per heavy atom. The van der Waals surface area contributed by atoms with Gasteiger partial charge in [-0.25, -0.2) is 0 Å². The third kappa shape index (κ3) is 4.91. The number of ether oxygens (including phenoxy) is 2. The first-order valence-corrected chi connectivity index (χ1v) is 7.65. The number of halogens is 2. The van der Waals surface area contributed by atoms with Gasteiger partial charge in [0.2, 0.25) is 0 Å². The van der Waals surface area contributed by atoms with E-state index in [1.54, 1.807) is 18.2 Å². The van der Waals surface area contributed by atoms with E-state index in [9.17, 15) is 13.9 Å². The number of fused-ring (bicyclic) bond motifs is 1. The normalized spacial score (nSPS) is 26.4.